The zero-order valence-electron chi connectivity index (χ0n) is 16.7. The number of alkyl halides is 2. The number of thiol groups is 1. The van der Waals surface area contributed by atoms with Crippen LogP contribution in [0.25, 0.3) is 27.7 Å². The number of aryl methyl sites for hydroxylation is 1. The van der Waals surface area contributed by atoms with Crippen LogP contribution >= 0.6 is 12.6 Å². The Morgan fingerprint density at radius 1 is 1.23 bits per heavy atom. The Morgan fingerprint density at radius 2 is 1.97 bits per heavy atom. The normalized spacial score (nSPS) is 12.5. The number of fused-ring (bicyclic) bond motifs is 2. The van der Waals surface area contributed by atoms with E-state index >= 15 is 4.39 Å². The van der Waals surface area contributed by atoms with Crippen molar-refractivity contribution in [2.75, 3.05) is 5.73 Å². The zero-order chi connectivity index (χ0) is 21.8. The van der Waals surface area contributed by atoms with Crippen LogP contribution in [0.15, 0.2) is 24.4 Å². The van der Waals surface area contributed by atoms with Gasteiger partial charge in [0.2, 0.25) is 5.95 Å². The molecule has 0 spiro atoms. The first kappa shape index (κ1) is 20.5. The first-order chi connectivity index (χ1) is 14.0. The molecule has 0 saturated heterocycles. The number of halogens is 3. The highest BCUT2D eigenvalue weighted by Gasteiger charge is 2.23. The van der Waals surface area contributed by atoms with E-state index in [0.717, 1.165) is 0 Å². The predicted octanol–water partition coefficient (Wildman–Crippen LogP) is 4.29. The van der Waals surface area contributed by atoms with Crippen LogP contribution in [0, 0.1) is 12.7 Å². The molecule has 1 aromatic carbocycles. The summed E-state index contributed by atoms with van der Waals surface area (Å²) in [5.41, 5.74) is 8.72. The minimum absolute atomic E-state index is 0.0257. The van der Waals surface area contributed by atoms with E-state index in [1.807, 2.05) is 13.8 Å². The van der Waals surface area contributed by atoms with E-state index in [2.05, 4.69) is 27.7 Å². The van der Waals surface area contributed by atoms with E-state index < -0.39 is 23.5 Å². The highest BCUT2D eigenvalue weighted by atomic mass is 32.1. The van der Waals surface area contributed by atoms with Crippen molar-refractivity contribution in [3.63, 3.8) is 0 Å². The summed E-state index contributed by atoms with van der Waals surface area (Å²) in [4.78, 5) is 8.65. The highest BCUT2D eigenvalue weighted by molar-refractivity contribution is 7.81. The Kier molecular flexibility index (Phi) is 4.92. The molecule has 158 valence electrons. The van der Waals surface area contributed by atoms with Crippen molar-refractivity contribution in [2.24, 2.45) is 0 Å². The lowest BCUT2D eigenvalue weighted by Gasteiger charge is -2.18. The number of hydrogen-bond donors (Lipinski definition) is 2. The van der Waals surface area contributed by atoms with Gasteiger partial charge in [-0.25, -0.2) is 27.7 Å². The van der Waals surface area contributed by atoms with Crippen LogP contribution in [0.1, 0.15) is 25.4 Å². The molecule has 10 heteroatoms. The molecule has 0 radical (unpaired) electrons. The molecule has 0 unspecified atom stereocenters. The van der Waals surface area contributed by atoms with E-state index in [0.29, 0.717) is 40.1 Å². The Labute approximate surface area is 176 Å². The maximum atomic E-state index is 15.1. The molecular formula is C20H21F3N6S. The van der Waals surface area contributed by atoms with Gasteiger partial charge in [-0.2, -0.15) is 12.6 Å². The van der Waals surface area contributed by atoms with E-state index in [-0.39, 0.29) is 11.5 Å². The van der Waals surface area contributed by atoms with Crippen LogP contribution in [-0.2, 0) is 13.0 Å². The van der Waals surface area contributed by atoms with Gasteiger partial charge in [0.15, 0.2) is 5.82 Å². The van der Waals surface area contributed by atoms with E-state index in [4.69, 9.17) is 5.73 Å². The van der Waals surface area contributed by atoms with Crippen molar-refractivity contribution in [3.05, 3.63) is 41.7 Å². The Morgan fingerprint density at radius 3 is 2.63 bits per heavy atom. The van der Waals surface area contributed by atoms with Crippen LogP contribution in [-0.4, -0.2) is 35.3 Å². The van der Waals surface area contributed by atoms with Crippen LogP contribution < -0.4 is 5.73 Å². The van der Waals surface area contributed by atoms with Gasteiger partial charge in [0.25, 0.3) is 6.43 Å². The number of nitrogens with two attached hydrogens (primary N) is 1. The average molecular weight is 434 g/mol. The minimum Gasteiger partial charge on any atom is -0.367 e. The molecule has 0 atom stereocenters. The summed E-state index contributed by atoms with van der Waals surface area (Å²) in [5.74, 6) is -0.0138. The van der Waals surface area contributed by atoms with Crippen LogP contribution in [0.2, 0.25) is 0 Å². The molecule has 4 rings (SSSR count). The molecule has 0 saturated carbocycles. The summed E-state index contributed by atoms with van der Waals surface area (Å²) >= 11 is 4.56. The van der Waals surface area contributed by atoms with Gasteiger partial charge >= 0.3 is 0 Å². The molecule has 0 fully saturated rings. The maximum absolute atomic E-state index is 15.1. The second-order valence-corrected chi connectivity index (χ2v) is 9.13. The number of imidazole rings is 1. The SMILES string of the molecule is Cc1nc2ccc(-c3c(F)cn4nc(N)nc(CC(C)(C)S)c34)cc2n1CC(F)F. The molecule has 6 nitrogen and oxygen atoms in total. The van der Waals surface area contributed by atoms with Crippen LogP contribution in [0.4, 0.5) is 19.1 Å². The van der Waals surface area contributed by atoms with Gasteiger partial charge in [0.1, 0.15) is 5.82 Å². The van der Waals surface area contributed by atoms with Crippen LogP contribution in [0.3, 0.4) is 0 Å². The summed E-state index contributed by atoms with van der Waals surface area (Å²) in [6.45, 7) is 5.02. The Hall–Kier alpha value is -2.75. The molecule has 3 aromatic heterocycles. The van der Waals surface area contributed by atoms with Gasteiger partial charge in [0, 0.05) is 16.7 Å². The number of nitrogens with zero attached hydrogens (tertiary/aromatic N) is 5. The number of anilines is 1. The van der Waals surface area contributed by atoms with Crippen molar-refractivity contribution in [1.82, 2.24) is 24.1 Å². The number of benzene rings is 1. The maximum Gasteiger partial charge on any atom is 0.256 e. The molecule has 4 aromatic rings. The molecule has 30 heavy (non-hydrogen) atoms. The quantitative estimate of drug-likeness (QED) is 0.460. The van der Waals surface area contributed by atoms with Crippen molar-refractivity contribution in [3.8, 4) is 11.1 Å². The lowest BCUT2D eigenvalue weighted by molar-refractivity contribution is 0.127. The first-order valence-corrected chi connectivity index (χ1v) is 9.79. The zero-order valence-corrected chi connectivity index (χ0v) is 17.6. The fraction of sp³-hybridized carbons (Fsp3) is 0.350. The molecule has 0 amide bonds. The second kappa shape index (κ2) is 7.19. The van der Waals surface area contributed by atoms with Crippen molar-refractivity contribution in [1.29, 1.82) is 0 Å². The van der Waals surface area contributed by atoms with Gasteiger partial charge < -0.3 is 10.3 Å². The summed E-state index contributed by atoms with van der Waals surface area (Å²) < 4.78 is 43.6. The van der Waals surface area contributed by atoms with Crippen LogP contribution in [0.5, 0.6) is 0 Å². The van der Waals surface area contributed by atoms with Gasteiger partial charge in [0.05, 0.1) is 35.0 Å². The Balaban J connectivity index is 1.97. The molecule has 2 N–H and O–H groups in total. The topological polar surface area (TPSA) is 74.0 Å². The highest BCUT2D eigenvalue weighted by Crippen LogP contribution is 2.34. The smallest absolute Gasteiger partial charge is 0.256 e. The third-order valence-electron chi connectivity index (χ3n) is 4.82. The largest absolute Gasteiger partial charge is 0.367 e. The summed E-state index contributed by atoms with van der Waals surface area (Å²) in [6.07, 6.45) is -0.866. The lowest BCUT2D eigenvalue weighted by atomic mass is 10.0. The number of hydrogen-bond acceptors (Lipinski definition) is 5. The van der Waals surface area contributed by atoms with Crippen molar-refractivity contribution < 1.29 is 13.2 Å². The van der Waals surface area contributed by atoms with Gasteiger partial charge in [-0.15, -0.1) is 5.10 Å². The molecular weight excluding hydrogens is 413 g/mol. The molecule has 0 aliphatic rings. The Bertz CT molecular complexity index is 1260. The van der Waals surface area contributed by atoms with E-state index in [1.165, 1.54) is 15.3 Å². The summed E-state index contributed by atoms with van der Waals surface area (Å²) in [7, 11) is 0. The number of aromatic nitrogens is 5. The van der Waals surface area contributed by atoms with Gasteiger partial charge in [-0.1, -0.05) is 19.9 Å². The molecule has 0 bridgehead atoms. The second-order valence-electron chi connectivity index (χ2n) is 7.92. The predicted molar refractivity (Wildman–Crippen MR) is 114 cm³/mol. The molecule has 0 aliphatic carbocycles. The number of nitrogen functional groups attached to an aromatic ring is 1. The number of rotatable bonds is 5. The van der Waals surface area contributed by atoms with E-state index in [9.17, 15) is 8.78 Å². The van der Waals surface area contributed by atoms with E-state index in [1.54, 1.807) is 25.1 Å². The summed E-state index contributed by atoms with van der Waals surface area (Å²) in [6, 6.07) is 5.08. The van der Waals surface area contributed by atoms with Crippen molar-refractivity contribution >= 4 is 35.1 Å². The fourth-order valence-electron chi connectivity index (χ4n) is 3.72. The first-order valence-electron chi connectivity index (χ1n) is 9.34. The monoisotopic (exact) mass is 434 g/mol. The fourth-order valence-corrected chi connectivity index (χ4v) is 3.87. The van der Waals surface area contributed by atoms with Gasteiger partial charge in [-0.3, -0.25) is 0 Å². The standard InChI is InChI=1S/C20H21F3N6S/c1-10-25-13-5-4-11(6-15(13)28(10)9-16(22)23)17-12(21)8-29-18(17)14(7-20(2,3)30)26-19(24)27-29/h4-6,8,16,30H,7,9H2,1-3H3,(H2,24,27). The average Bonchev–Trinajstić information content (AvgIpc) is 3.09. The molecule has 0 aliphatic heterocycles. The van der Waals surface area contributed by atoms with Gasteiger partial charge in [-0.05, 0) is 24.6 Å². The summed E-state index contributed by atoms with van der Waals surface area (Å²) in [5, 5.41) is 4.10. The third kappa shape index (κ3) is 3.71. The minimum atomic E-state index is -2.53. The third-order valence-corrected chi connectivity index (χ3v) is 4.98. The lowest BCUT2D eigenvalue weighted by Crippen LogP contribution is -2.17. The van der Waals surface area contributed by atoms with Crippen molar-refractivity contribution in [2.45, 2.75) is 44.9 Å². The molecule has 3 heterocycles.